The highest BCUT2D eigenvalue weighted by atomic mass is 15.3. The minimum Gasteiger partial charge on any atom is -0.354 e. The summed E-state index contributed by atoms with van der Waals surface area (Å²) in [6, 6.07) is 4.24. The average Bonchev–Trinajstić information content (AvgIpc) is 2.39. The van der Waals surface area contributed by atoms with Crippen LogP contribution in [0.3, 0.4) is 0 Å². The molecule has 0 saturated carbocycles. The van der Waals surface area contributed by atoms with Gasteiger partial charge in [-0.2, -0.15) is 0 Å². The maximum atomic E-state index is 5.85. The number of aromatic nitrogens is 1. The Morgan fingerprint density at radius 1 is 1.16 bits per heavy atom. The zero-order valence-electron chi connectivity index (χ0n) is 12.3. The summed E-state index contributed by atoms with van der Waals surface area (Å²) in [5.74, 6) is 1.82. The molecule has 1 saturated heterocycles. The van der Waals surface area contributed by atoms with Crippen molar-refractivity contribution in [3.63, 3.8) is 0 Å². The highest BCUT2D eigenvalue weighted by Crippen LogP contribution is 2.16. The van der Waals surface area contributed by atoms with Crippen LogP contribution < -0.4 is 10.6 Å². The van der Waals surface area contributed by atoms with Crippen LogP contribution in [0, 0.1) is 5.92 Å². The Morgan fingerprint density at radius 2 is 1.84 bits per heavy atom. The van der Waals surface area contributed by atoms with Gasteiger partial charge in [0.05, 0.1) is 0 Å². The van der Waals surface area contributed by atoms with Gasteiger partial charge < -0.3 is 10.6 Å². The number of pyridine rings is 1. The maximum Gasteiger partial charge on any atom is 0.128 e. The second kappa shape index (κ2) is 6.35. The summed E-state index contributed by atoms with van der Waals surface area (Å²) in [5.41, 5.74) is 6.95. The Kier molecular flexibility index (Phi) is 4.77. The number of hydrogen-bond acceptors (Lipinski definition) is 4. The van der Waals surface area contributed by atoms with Crippen LogP contribution in [0.1, 0.15) is 32.4 Å². The number of nitrogens with two attached hydrogens (primary N) is 1. The normalized spacial score (nSPS) is 18.9. The molecule has 0 bridgehead atoms. The third-order valence-corrected chi connectivity index (χ3v) is 3.62. The van der Waals surface area contributed by atoms with Crippen molar-refractivity contribution in [2.45, 2.75) is 26.8 Å². The van der Waals surface area contributed by atoms with Crippen molar-refractivity contribution in [1.82, 2.24) is 9.88 Å². The summed E-state index contributed by atoms with van der Waals surface area (Å²) in [7, 11) is 0. The molecule has 0 aromatic carbocycles. The van der Waals surface area contributed by atoms with Crippen molar-refractivity contribution < 1.29 is 0 Å². The maximum absolute atomic E-state index is 5.85. The quantitative estimate of drug-likeness (QED) is 0.900. The van der Waals surface area contributed by atoms with E-state index in [1.54, 1.807) is 0 Å². The lowest BCUT2D eigenvalue weighted by atomic mass is 10.1. The van der Waals surface area contributed by atoms with Crippen molar-refractivity contribution in [3.8, 4) is 0 Å². The standard InChI is InChI=1S/C15H26N4/c1-12(2)11-18-6-8-19(9-7-18)15-5-4-14(10-17-15)13(3)16/h4-5,10,12-13H,6-9,11,16H2,1-3H3. The zero-order valence-corrected chi connectivity index (χ0v) is 12.3. The smallest absolute Gasteiger partial charge is 0.128 e. The molecule has 0 radical (unpaired) electrons. The predicted octanol–water partition coefficient (Wildman–Crippen LogP) is 1.88. The Labute approximate surface area is 116 Å². The second-order valence-corrected chi connectivity index (χ2v) is 5.92. The lowest BCUT2D eigenvalue weighted by Crippen LogP contribution is -2.47. The van der Waals surface area contributed by atoms with Gasteiger partial charge in [-0.3, -0.25) is 4.90 Å². The number of rotatable bonds is 4. The Balaban J connectivity index is 1.90. The molecule has 2 heterocycles. The molecule has 0 amide bonds. The van der Waals surface area contributed by atoms with E-state index in [2.05, 4.69) is 40.8 Å². The van der Waals surface area contributed by atoms with E-state index in [0.29, 0.717) is 0 Å². The molecule has 1 aromatic rings. The summed E-state index contributed by atoms with van der Waals surface area (Å²) in [6.07, 6.45) is 1.90. The molecule has 2 rings (SSSR count). The van der Waals surface area contributed by atoms with Crippen LogP contribution in [0.15, 0.2) is 18.3 Å². The Hall–Kier alpha value is -1.13. The molecule has 4 nitrogen and oxygen atoms in total. The largest absolute Gasteiger partial charge is 0.354 e. The fourth-order valence-corrected chi connectivity index (χ4v) is 2.53. The van der Waals surface area contributed by atoms with Gasteiger partial charge in [0.2, 0.25) is 0 Å². The number of nitrogens with zero attached hydrogens (tertiary/aromatic N) is 3. The highest BCUT2D eigenvalue weighted by Gasteiger charge is 2.18. The van der Waals surface area contributed by atoms with Crippen molar-refractivity contribution >= 4 is 5.82 Å². The number of piperazine rings is 1. The van der Waals surface area contributed by atoms with E-state index >= 15 is 0 Å². The molecule has 1 aliphatic rings. The number of hydrogen-bond donors (Lipinski definition) is 1. The third-order valence-electron chi connectivity index (χ3n) is 3.62. The second-order valence-electron chi connectivity index (χ2n) is 5.92. The first kappa shape index (κ1) is 14.3. The minimum atomic E-state index is 0.0597. The van der Waals surface area contributed by atoms with Gasteiger partial charge in [0, 0.05) is 45.0 Å². The summed E-state index contributed by atoms with van der Waals surface area (Å²) in [5, 5.41) is 0. The molecule has 4 heteroatoms. The van der Waals surface area contributed by atoms with Gasteiger partial charge in [-0.15, -0.1) is 0 Å². The van der Waals surface area contributed by atoms with Gasteiger partial charge in [-0.05, 0) is 24.5 Å². The summed E-state index contributed by atoms with van der Waals surface area (Å²) in [6.45, 7) is 12.1. The van der Waals surface area contributed by atoms with Crippen LogP contribution in [0.2, 0.25) is 0 Å². The van der Waals surface area contributed by atoms with E-state index in [1.807, 2.05) is 13.1 Å². The van der Waals surface area contributed by atoms with Gasteiger partial charge in [-0.1, -0.05) is 19.9 Å². The predicted molar refractivity (Wildman–Crippen MR) is 80.3 cm³/mol. The Morgan fingerprint density at radius 3 is 2.32 bits per heavy atom. The van der Waals surface area contributed by atoms with Crippen LogP contribution >= 0.6 is 0 Å². The SMILES string of the molecule is CC(C)CN1CCN(c2ccc(C(C)N)cn2)CC1. The highest BCUT2D eigenvalue weighted by molar-refractivity contribution is 5.40. The van der Waals surface area contributed by atoms with Crippen molar-refractivity contribution in [1.29, 1.82) is 0 Å². The fraction of sp³-hybridized carbons (Fsp3) is 0.667. The molecule has 0 aliphatic carbocycles. The summed E-state index contributed by atoms with van der Waals surface area (Å²) in [4.78, 5) is 9.44. The number of anilines is 1. The van der Waals surface area contributed by atoms with E-state index in [-0.39, 0.29) is 6.04 Å². The first-order valence-electron chi connectivity index (χ1n) is 7.25. The van der Waals surface area contributed by atoms with Gasteiger partial charge in [-0.25, -0.2) is 4.98 Å². The molecule has 1 aromatic heterocycles. The van der Waals surface area contributed by atoms with E-state index in [4.69, 9.17) is 5.73 Å². The van der Waals surface area contributed by atoms with Gasteiger partial charge in [0.25, 0.3) is 0 Å². The van der Waals surface area contributed by atoms with E-state index in [0.717, 1.165) is 43.5 Å². The molecule has 1 fully saturated rings. The summed E-state index contributed by atoms with van der Waals surface area (Å²) >= 11 is 0. The van der Waals surface area contributed by atoms with E-state index in [1.165, 1.54) is 6.54 Å². The molecular weight excluding hydrogens is 236 g/mol. The first-order chi connectivity index (χ1) is 9.06. The van der Waals surface area contributed by atoms with Crippen LogP contribution in [0.25, 0.3) is 0 Å². The van der Waals surface area contributed by atoms with Crippen LogP contribution in [-0.4, -0.2) is 42.6 Å². The average molecular weight is 262 g/mol. The zero-order chi connectivity index (χ0) is 13.8. The summed E-state index contributed by atoms with van der Waals surface area (Å²) < 4.78 is 0. The molecule has 106 valence electrons. The van der Waals surface area contributed by atoms with Crippen LogP contribution in [-0.2, 0) is 0 Å². The van der Waals surface area contributed by atoms with Gasteiger partial charge in [0.1, 0.15) is 5.82 Å². The molecule has 1 atom stereocenters. The van der Waals surface area contributed by atoms with E-state index in [9.17, 15) is 0 Å². The van der Waals surface area contributed by atoms with Crippen LogP contribution in [0.5, 0.6) is 0 Å². The molecule has 2 N–H and O–H groups in total. The molecule has 0 spiro atoms. The van der Waals surface area contributed by atoms with Gasteiger partial charge in [0.15, 0.2) is 0 Å². The lowest BCUT2D eigenvalue weighted by molar-refractivity contribution is 0.231. The van der Waals surface area contributed by atoms with Crippen LogP contribution in [0.4, 0.5) is 5.82 Å². The minimum absolute atomic E-state index is 0.0597. The molecule has 1 aliphatic heterocycles. The van der Waals surface area contributed by atoms with Crippen molar-refractivity contribution in [3.05, 3.63) is 23.9 Å². The fourth-order valence-electron chi connectivity index (χ4n) is 2.53. The molecule has 19 heavy (non-hydrogen) atoms. The first-order valence-corrected chi connectivity index (χ1v) is 7.25. The van der Waals surface area contributed by atoms with E-state index < -0.39 is 0 Å². The topological polar surface area (TPSA) is 45.4 Å². The van der Waals surface area contributed by atoms with Gasteiger partial charge >= 0.3 is 0 Å². The molecular formula is C15H26N4. The van der Waals surface area contributed by atoms with Crippen molar-refractivity contribution in [2.75, 3.05) is 37.6 Å². The van der Waals surface area contributed by atoms with Crippen molar-refractivity contribution in [2.24, 2.45) is 11.7 Å². The third kappa shape index (κ3) is 3.91. The lowest BCUT2D eigenvalue weighted by Gasteiger charge is -2.36. The molecule has 1 unspecified atom stereocenters. The Bertz CT molecular complexity index is 378. The monoisotopic (exact) mass is 262 g/mol.